The number of hydrogen-bond donors (Lipinski definition) is 1. The van der Waals surface area contributed by atoms with Gasteiger partial charge in [-0.15, -0.1) is 0 Å². The van der Waals surface area contributed by atoms with E-state index < -0.39 is 17.5 Å². The Morgan fingerprint density at radius 1 is 1.17 bits per heavy atom. The van der Waals surface area contributed by atoms with Gasteiger partial charge in [-0.25, -0.2) is 4.79 Å². The van der Waals surface area contributed by atoms with E-state index in [9.17, 15) is 13.6 Å². The fourth-order valence-electron chi connectivity index (χ4n) is 1.84. The van der Waals surface area contributed by atoms with E-state index in [1.807, 2.05) is 0 Å². The molecule has 18 heavy (non-hydrogen) atoms. The van der Waals surface area contributed by atoms with Crippen LogP contribution in [-0.2, 0) is 10.7 Å². The van der Waals surface area contributed by atoms with E-state index in [-0.39, 0.29) is 5.39 Å². The Bertz CT molecular complexity index is 608. The number of carboxylic acids is 1. The Morgan fingerprint density at radius 3 is 2.33 bits per heavy atom. The summed E-state index contributed by atoms with van der Waals surface area (Å²) >= 11 is 0. The molecule has 0 atom stereocenters. The molecular weight excluding hydrogens is 242 g/mol. The van der Waals surface area contributed by atoms with Gasteiger partial charge in [-0.05, 0) is 17.5 Å². The van der Waals surface area contributed by atoms with E-state index in [4.69, 9.17) is 9.84 Å². The molecule has 0 fully saturated rings. The average Bonchev–Trinajstić information content (AvgIpc) is 2.37. The standard InChI is InChI=1S/C13H10F2O3/c1-18-11-7-6-10(13(14,15)12(16)17)8-4-2-3-5-9(8)11/h2-7H,1H3,(H,16,17). The maximum atomic E-state index is 13.6. The Kier molecular flexibility index (Phi) is 2.90. The van der Waals surface area contributed by atoms with Crippen LogP contribution >= 0.6 is 0 Å². The first-order valence-electron chi connectivity index (χ1n) is 5.16. The second kappa shape index (κ2) is 4.25. The summed E-state index contributed by atoms with van der Waals surface area (Å²) in [7, 11) is 1.43. The van der Waals surface area contributed by atoms with Gasteiger partial charge in [0.05, 0.1) is 7.11 Å². The van der Waals surface area contributed by atoms with Gasteiger partial charge in [0.15, 0.2) is 0 Å². The smallest absolute Gasteiger partial charge is 0.379 e. The van der Waals surface area contributed by atoms with Crippen molar-refractivity contribution in [1.82, 2.24) is 0 Å². The van der Waals surface area contributed by atoms with Crippen molar-refractivity contribution in [2.24, 2.45) is 0 Å². The summed E-state index contributed by atoms with van der Waals surface area (Å²) in [6.07, 6.45) is 0. The van der Waals surface area contributed by atoms with E-state index >= 15 is 0 Å². The normalized spacial score (nSPS) is 11.5. The minimum atomic E-state index is -3.92. The Hall–Kier alpha value is -2.17. The molecule has 3 nitrogen and oxygen atoms in total. The molecule has 0 saturated heterocycles. The van der Waals surface area contributed by atoms with Gasteiger partial charge >= 0.3 is 11.9 Å². The third kappa shape index (κ3) is 1.77. The molecule has 0 radical (unpaired) electrons. The lowest BCUT2D eigenvalue weighted by atomic mass is 9.99. The Labute approximate surface area is 102 Å². The molecule has 2 aromatic carbocycles. The van der Waals surface area contributed by atoms with Gasteiger partial charge in [-0.1, -0.05) is 24.3 Å². The van der Waals surface area contributed by atoms with Crippen LogP contribution in [0.2, 0.25) is 0 Å². The average molecular weight is 252 g/mol. The SMILES string of the molecule is COc1ccc(C(F)(F)C(=O)O)c2ccccc12. The van der Waals surface area contributed by atoms with Crippen molar-refractivity contribution < 1.29 is 23.4 Å². The number of halogens is 2. The molecule has 94 valence electrons. The van der Waals surface area contributed by atoms with Crippen molar-refractivity contribution >= 4 is 16.7 Å². The van der Waals surface area contributed by atoms with E-state index in [1.165, 1.54) is 19.2 Å². The van der Waals surface area contributed by atoms with Gasteiger partial charge in [-0.3, -0.25) is 0 Å². The largest absolute Gasteiger partial charge is 0.496 e. The Morgan fingerprint density at radius 2 is 1.78 bits per heavy atom. The van der Waals surface area contributed by atoms with Crippen LogP contribution in [0, 0.1) is 0 Å². The van der Waals surface area contributed by atoms with Crippen LogP contribution in [0.1, 0.15) is 5.56 Å². The summed E-state index contributed by atoms with van der Waals surface area (Å²) in [6.45, 7) is 0. The molecule has 2 aromatic rings. The van der Waals surface area contributed by atoms with Gasteiger partial charge < -0.3 is 9.84 Å². The zero-order valence-electron chi connectivity index (χ0n) is 9.48. The van der Waals surface area contributed by atoms with Crippen molar-refractivity contribution in [1.29, 1.82) is 0 Å². The summed E-state index contributed by atoms with van der Waals surface area (Å²) in [5, 5.41) is 9.23. The van der Waals surface area contributed by atoms with Gasteiger partial charge in [0.25, 0.3) is 0 Å². The number of methoxy groups -OCH3 is 1. The lowest BCUT2D eigenvalue weighted by Crippen LogP contribution is -2.25. The lowest BCUT2D eigenvalue weighted by molar-refractivity contribution is -0.166. The molecule has 2 rings (SSSR count). The van der Waals surface area contributed by atoms with Gasteiger partial charge in [0.2, 0.25) is 0 Å². The van der Waals surface area contributed by atoms with E-state index in [2.05, 4.69) is 0 Å². The first-order chi connectivity index (χ1) is 8.48. The van der Waals surface area contributed by atoms with Crippen LogP contribution in [0.4, 0.5) is 8.78 Å². The summed E-state index contributed by atoms with van der Waals surface area (Å²) in [5.74, 6) is -5.67. The molecule has 0 heterocycles. The highest BCUT2D eigenvalue weighted by atomic mass is 19.3. The number of rotatable bonds is 3. The zero-order chi connectivity index (χ0) is 13.3. The number of alkyl halides is 2. The summed E-state index contributed by atoms with van der Waals surface area (Å²) < 4.78 is 32.3. The number of hydrogen-bond acceptors (Lipinski definition) is 2. The first-order valence-corrected chi connectivity index (χ1v) is 5.16. The zero-order valence-corrected chi connectivity index (χ0v) is 9.48. The highest BCUT2D eigenvalue weighted by Crippen LogP contribution is 2.37. The second-order valence-corrected chi connectivity index (χ2v) is 3.74. The highest BCUT2D eigenvalue weighted by Gasteiger charge is 2.42. The molecule has 0 bridgehead atoms. The topological polar surface area (TPSA) is 46.5 Å². The maximum absolute atomic E-state index is 13.6. The van der Waals surface area contributed by atoms with Gasteiger partial charge in [0.1, 0.15) is 5.75 Å². The van der Waals surface area contributed by atoms with Gasteiger partial charge in [0, 0.05) is 10.9 Å². The predicted octanol–water partition coefficient (Wildman–Crippen LogP) is 3.02. The molecule has 0 aliphatic carbocycles. The van der Waals surface area contributed by atoms with E-state index in [0.29, 0.717) is 11.1 Å². The molecule has 0 aromatic heterocycles. The lowest BCUT2D eigenvalue weighted by Gasteiger charge is -2.15. The molecule has 0 aliphatic rings. The summed E-state index contributed by atoms with van der Waals surface area (Å²) in [6, 6.07) is 8.72. The summed E-state index contributed by atoms with van der Waals surface area (Å²) in [5.41, 5.74) is -0.536. The number of ether oxygens (including phenoxy) is 1. The van der Waals surface area contributed by atoms with E-state index in [1.54, 1.807) is 18.2 Å². The van der Waals surface area contributed by atoms with Crippen molar-refractivity contribution in [3.8, 4) is 5.75 Å². The predicted molar refractivity (Wildman–Crippen MR) is 62.0 cm³/mol. The number of fused-ring (bicyclic) bond motifs is 1. The molecule has 0 unspecified atom stereocenters. The monoisotopic (exact) mass is 252 g/mol. The minimum absolute atomic E-state index is 0.171. The maximum Gasteiger partial charge on any atom is 0.379 e. The molecule has 0 amide bonds. The Balaban J connectivity index is 2.78. The number of carbonyl (C=O) groups is 1. The molecule has 0 aliphatic heterocycles. The van der Waals surface area contributed by atoms with Gasteiger partial charge in [-0.2, -0.15) is 8.78 Å². The highest BCUT2D eigenvalue weighted by molar-refractivity contribution is 5.94. The van der Waals surface area contributed by atoms with Crippen LogP contribution in [0.3, 0.4) is 0 Å². The van der Waals surface area contributed by atoms with Crippen LogP contribution in [0.15, 0.2) is 36.4 Å². The molecular formula is C13H10F2O3. The fourth-order valence-corrected chi connectivity index (χ4v) is 1.84. The number of benzene rings is 2. The van der Waals surface area contributed by atoms with Crippen molar-refractivity contribution in [2.75, 3.05) is 7.11 Å². The number of aliphatic carboxylic acids is 1. The molecule has 1 N–H and O–H groups in total. The third-order valence-electron chi connectivity index (χ3n) is 2.71. The van der Waals surface area contributed by atoms with Crippen molar-refractivity contribution in [3.63, 3.8) is 0 Å². The first kappa shape index (κ1) is 12.3. The second-order valence-electron chi connectivity index (χ2n) is 3.74. The fraction of sp³-hybridized carbons (Fsp3) is 0.154. The summed E-state index contributed by atoms with van der Waals surface area (Å²) in [4.78, 5) is 10.6. The van der Waals surface area contributed by atoms with Crippen molar-refractivity contribution in [3.05, 3.63) is 42.0 Å². The van der Waals surface area contributed by atoms with Crippen LogP contribution < -0.4 is 4.74 Å². The minimum Gasteiger partial charge on any atom is -0.496 e. The van der Waals surface area contributed by atoms with Crippen LogP contribution in [0.5, 0.6) is 5.75 Å². The molecule has 0 spiro atoms. The van der Waals surface area contributed by atoms with Crippen molar-refractivity contribution in [2.45, 2.75) is 5.92 Å². The third-order valence-corrected chi connectivity index (χ3v) is 2.71. The molecule has 0 saturated carbocycles. The van der Waals surface area contributed by atoms with E-state index in [0.717, 1.165) is 6.07 Å². The quantitative estimate of drug-likeness (QED) is 0.913. The number of carboxylic acid groups (broad SMARTS) is 1. The molecule has 5 heteroatoms. The van der Waals surface area contributed by atoms with Crippen LogP contribution in [0.25, 0.3) is 10.8 Å². The van der Waals surface area contributed by atoms with Crippen LogP contribution in [-0.4, -0.2) is 18.2 Å².